The molecule has 0 radical (unpaired) electrons. The number of imidazole rings is 1. The Balaban J connectivity index is 1.99. The number of rotatable bonds is 4. The van der Waals surface area contributed by atoms with Crippen molar-refractivity contribution in [2.75, 3.05) is 5.32 Å². The summed E-state index contributed by atoms with van der Waals surface area (Å²) in [5, 5.41) is 13.0. The zero-order valence-electron chi connectivity index (χ0n) is 13.8. The molecular weight excluding hydrogens is 373 g/mol. The molecule has 0 amide bonds. The van der Waals surface area contributed by atoms with Crippen LogP contribution >= 0.6 is 15.9 Å². The average molecular weight is 392 g/mol. The molecule has 0 aliphatic rings. The van der Waals surface area contributed by atoms with Crippen LogP contribution in [0.2, 0.25) is 0 Å². The fourth-order valence-corrected chi connectivity index (χ4v) is 3.43. The van der Waals surface area contributed by atoms with Crippen LogP contribution in [0.25, 0.3) is 5.65 Å². The van der Waals surface area contributed by atoms with Crippen molar-refractivity contribution in [2.24, 2.45) is 0 Å². The van der Waals surface area contributed by atoms with Crippen LogP contribution in [0.4, 0.5) is 10.1 Å². The molecule has 0 bridgehead atoms. The highest BCUT2D eigenvalue weighted by Crippen LogP contribution is 2.26. The van der Waals surface area contributed by atoms with E-state index in [1.165, 1.54) is 0 Å². The third kappa shape index (κ3) is 3.03. The van der Waals surface area contributed by atoms with E-state index in [1.807, 2.05) is 37.4 Å². The molecule has 0 saturated heterocycles. The number of nitrogens with zero attached hydrogens (tertiary/aromatic N) is 2. The number of benzene rings is 1. The highest BCUT2D eigenvalue weighted by Gasteiger charge is 2.13. The fraction of sp³-hybridized carbons (Fsp3) is 0.278. The van der Waals surface area contributed by atoms with E-state index >= 15 is 0 Å². The van der Waals surface area contributed by atoms with Gasteiger partial charge in [0.25, 0.3) is 0 Å². The number of hydrogen-bond acceptors (Lipinski definition) is 3. The number of nitrogens with one attached hydrogen (secondary N) is 1. The second kappa shape index (κ2) is 6.53. The second-order valence-corrected chi connectivity index (χ2v) is 6.85. The fourth-order valence-electron chi connectivity index (χ4n) is 3.00. The van der Waals surface area contributed by atoms with Crippen molar-refractivity contribution in [3.8, 4) is 0 Å². The Labute approximate surface area is 148 Å². The second-order valence-electron chi connectivity index (χ2n) is 5.94. The van der Waals surface area contributed by atoms with Crippen molar-refractivity contribution in [3.63, 3.8) is 0 Å². The summed E-state index contributed by atoms with van der Waals surface area (Å²) >= 11 is 3.50. The van der Waals surface area contributed by atoms with E-state index < -0.39 is 0 Å². The summed E-state index contributed by atoms with van der Waals surface area (Å²) in [6.07, 6.45) is 1.89. The first-order chi connectivity index (χ1) is 11.4. The first-order valence-corrected chi connectivity index (χ1v) is 8.47. The van der Waals surface area contributed by atoms with Gasteiger partial charge in [0.1, 0.15) is 5.82 Å². The normalized spacial score (nSPS) is 11.2. The Morgan fingerprint density at radius 3 is 2.50 bits per heavy atom. The minimum atomic E-state index is -0.213. The van der Waals surface area contributed by atoms with Crippen LogP contribution in [0.1, 0.15) is 28.1 Å². The lowest BCUT2D eigenvalue weighted by molar-refractivity contribution is 0.275. The van der Waals surface area contributed by atoms with Crippen LogP contribution in [0, 0.1) is 26.6 Å². The zero-order valence-corrected chi connectivity index (χ0v) is 15.4. The van der Waals surface area contributed by atoms with Crippen LogP contribution in [-0.2, 0) is 13.2 Å². The maximum atomic E-state index is 13.5. The largest absolute Gasteiger partial charge is 0.390 e. The van der Waals surface area contributed by atoms with Gasteiger partial charge in [-0.2, -0.15) is 0 Å². The number of halogens is 2. The van der Waals surface area contributed by atoms with Crippen molar-refractivity contribution in [1.29, 1.82) is 0 Å². The monoisotopic (exact) mass is 391 g/mol. The summed E-state index contributed by atoms with van der Waals surface area (Å²) in [6.45, 7) is 6.20. The van der Waals surface area contributed by atoms with Gasteiger partial charge in [-0.15, -0.1) is 0 Å². The first-order valence-electron chi connectivity index (χ1n) is 7.68. The van der Waals surface area contributed by atoms with Crippen LogP contribution in [0.3, 0.4) is 0 Å². The van der Waals surface area contributed by atoms with Gasteiger partial charge in [-0.05, 0) is 71.6 Å². The molecule has 0 fully saturated rings. The molecule has 0 unspecified atom stereocenters. The van der Waals surface area contributed by atoms with Crippen LogP contribution < -0.4 is 5.32 Å². The highest BCUT2D eigenvalue weighted by molar-refractivity contribution is 9.10. The number of pyridine rings is 1. The number of anilines is 1. The molecule has 24 heavy (non-hydrogen) atoms. The summed E-state index contributed by atoms with van der Waals surface area (Å²) in [5.74, 6) is -0.213. The zero-order chi connectivity index (χ0) is 17.4. The molecule has 126 valence electrons. The number of aliphatic hydroxyl groups is 1. The SMILES string of the molecule is Cc1cc(F)cc(C)c1CNc1cc(Br)cn2c(CO)c(C)nc12. The van der Waals surface area contributed by atoms with Gasteiger partial charge in [-0.25, -0.2) is 9.37 Å². The van der Waals surface area contributed by atoms with Gasteiger partial charge in [0.05, 0.1) is 23.7 Å². The summed E-state index contributed by atoms with van der Waals surface area (Å²) < 4.78 is 16.2. The predicted octanol–water partition coefficient (Wildman–Crippen LogP) is 4.27. The smallest absolute Gasteiger partial charge is 0.160 e. The minimum absolute atomic E-state index is 0.0704. The maximum absolute atomic E-state index is 13.5. The Morgan fingerprint density at radius 1 is 1.21 bits per heavy atom. The topological polar surface area (TPSA) is 49.6 Å². The van der Waals surface area contributed by atoms with Gasteiger partial charge in [0.15, 0.2) is 5.65 Å². The molecule has 1 aromatic carbocycles. The number of aryl methyl sites for hydroxylation is 3. The van der Waals surface area contributed by atoms with Crippen LogP contribution in [0.15, 0.2) is 28.9 Å². The van der Waals surface area contributed by atoms with Gasteiger partial charge in [-0.3, -0.25) is 4.40 Å². The van der Waals surface area contributed by atoms with E-state index in [-0.39, 0.29) is 12.4 Å². The number of aromatic nitrogens is 2. The molecule has 2 aromatic heterocycles. The summed E-state index contributed by atoms with van der Waals surface area (Å²) in [4.78, 5) is 4.56. The highest BCUT2D eigenvalue weighted by atomic mass is 79.9. The molecule has 2 heterocycles. The third-order valence-electron chi connectivity index (χ3n) is 4.25. The van der Waals surface area contributed by atoms with E-state index in [9.17, 15) is 9.50 Å². The molecule has 6 heteroatoms. The van der Waals surface area contributed by atoms with E-state index in [0.29, 0.717) is 6.54 Å². The van der Waals surface area contributed by atoms with Crippen LogP contribution in [-0.4, -0.2) is 14.5 Å². The summed E-state index contributed by atoms with van der Waals surface area (Å²) in [5.41, 5.74) is 6.09. The quantitative estimate of drug-likeness (QED) is 0.698. The van der Waals surface area contributed by atoms with Crippen molar-refractivity contribution < 1.29 is 9.50 Å². The van der Waals surface area contributed by atoms with Crippen molar-refractivity contribution in [1.82, 2.24) is 9.38 Å². The molecule has 0 atom stereocenters. The Kier molecular flexibility index (Phi) is 4.60. The molecular formula is C18H19BrFN3O. The Bertz CT molecular complexity index is 897. The number of fused-ring (bicyclic) bond motifs is 1. The van der Waals surface area contributed by atoms with E-state index in [4.69, 9.17) is 0 Å². The van der Waals surface area contributed by atoms with Gasteiger partial charge in [0.2, 0.25) is 0 Å². The molecule has 3 rings (SSSR count). The lowest BCUT2D eigenvalue weighted by Gasteiger charge is -2.13. The average Bonchev–Trinajstić information content (AvgIpc) is 2.81. The Hall–Kier alpha value is -1.92. The van der Waals surface area contributed by atoms with E-state index in [2.05, 4.69) is 26.2 Å². The van der Waals surface area contributed by atoms with Crippen molar-refractivity contribution in [2.45, 2.75) is 33.9 Å². The predicted molar refractivity (Wildman–Crippen MR) is 96.8 cm³/mol. The van der Waals surface area contributed by atoms with Crippen LogP contribution in [0.5, 0.6) is 0 Å². The molecule has 3 aromatic rings. The van der Waals surface area contributed by atoms with Gasteiger partial charge in [0, 0.05) is 17.2 Å². The summed E-state index contributed by atoms with van der Waals surface area (Å²) in [7, 11) is 0. The summed E-state index contributed by atoms with van der Waals surface area (Å²) in [6, 6.07) is 5.05. The number of aliphatic hydroxyl groups excluding tert-OH is 1. The molecule has 0 aliphatic carbocycles. The molecule has 0 spiro atoms. The standard InChI is InChI=1S/C18H19BrFN3O/c1-10-4-14(20)5-11(2)15(10)7-21-16-6-13(19)8-23-17(9-24)12(3)22-18(16)23/h4-6,8,21,24H,7,9H2,1-3H3. The molecule has 2 N–H and O–H groups in total. The molecule has 0 saturated carbocycles. The maximum Gasteiger partial charge on any atom is 0.160 e. The third-order valence-corrected chi connectivity index (χ3v) is 4.69. The lowest BCUT2D eigenvalue weighted by atomic mass is 10.0. The molecule has 4 nitrogen and oxygen atoms in total. The van der Waals surface area contributed by atoms with E-state index in [1.54, 1.807) is 12.1 Å². The van der Waals surface area contributed by atoms with Gasteiger partial charge < -0.3 is 10.4 Å². The van der Waals surface area contributed by atoms with Gasteiger partial charge in [-0.1, -0.05) is 0 Å². The minimum Gasteiger partial charge on any atom is -0.390 e. The first kappa shape index (κ1) is 16.9. The van der Waals surface area contributed by atoms with E-state index in [0.717, 1.165) is 43.9 Å². The van der Waals surface area contributed by atoms with Crippen molar-refractivity contribution in [3.05, 3.63) is 62.8 Å². The Morgan fingerprint density at radius 2 is 1.88 bits per heavy atom. The van der Waals surface area contributed by atoms with Gasteiger partial charge >= 0.3 is 0 Å². The number of hydrogen-bond donors (Lipinski definition) is 2. The lowest BCUT2D eigenvalue weighted by Crippen LogP contribution is -2.06. The molecule has 0 aliphatic heterocycles. The van der Waals surface area contributed by atoms with Crippen molar-refractivity contribution >= 4 is 27.3 Å².